The number of para-hydroxylation sites is 1. The summed E-state index contributed by atoms with van der Waals surface area (Å²) in [5.41, 5.74) is 0.238. The number of benzene rings is 1. The Bertz CT molecular complexity index is 749. The first-order chi connectivity index (χ1) is 12.1. The highest BCUT2D eigenvalue weighted by Crippen LogP contribution is 2.32. The maximum absolute atomic E-state index is 12.4. The summed E-state index contributed by atoms with van der Waals surface area (Å²) in [6.07, 6.45) is 0.526. The average Bonchev–Trinajstić information content (AvgIpc) is 2.53. The van der Waals surface area contributed by atoms with Crippen LogP contribution in [-0.4, -0.2) is 81.4 Å². The van der Waals surface area contributed by atoms with Crippen LogP contribution in [0.2, 0.25) is 0 Å². The number of carbonyl (C=O) groups excluding carboxylic acids is 1. The number of quaternary nitrogens is 1. The maximum atomic E-state index is 12.4. The Morgan fingerprint density at radius 3 is 2.52 bits per heavy atom. The zero-order valence-corrected chi connectivity index (χ0v) is 17.6. The molecule has 0 spiro atoms. The highest BCUT2D eigenvalue weighted by Gasteiger charge is 2.27. The number of aromatic hydroxyl groups is 1. The van der Waals surface area contributed by atoms with Gasteiger partial charge in [-0.25, -0.2) is 8.42 Å². The number of likely N-dealkylation sites (N-methyl/N-ethyl adjacent to an activating group) is 2. The minimum absolute atomic E-state index is 0. The molecule has 1 aromatic carbocycles. The second-order valence-corrected chi connectivity index (χ2v) is 9.09. The smallest absolute Gasteiger partial charge is 0.233 e. The number of anilines is 2. The molecule has 27 heavy (non-hydrogen) atoms. The number of rotatable bonds is 7. The van der Waals surface area contributed by atoms with Crippen molar-refractivity contribution in [1.82, 2.24) is 4.90 Å². The number of hydrogen-bond donors (Lipinski definition) is 3. The first-order valence-corrected chi connectivity index (χ1v) is 10.4. The summed E-state index contributed by atoms with van der Waals surface area (Å²) in [5.74, 6) is -0.605. The van der Waals surface area contributed by atoms with Gasteiger partial charge in [0.25, 0.3) is 0 Å². The van der Waals surface area contributed by atoms with Crippen molar-refractivity contribution in [2.24, 2.45) is 0 Å². The zero-order valence-electron chi connectivity index (χ0n) is 16.0. The number of piperazine rings is 1. The number of carbonyl (C=O) groups is 1. The molecule has 10 heteroatoms. The topological polar surface area (TPSA) is 98.7 Å². The van der Waals surface area contributed by atoms with Crippen LogP contribution in [0, 0.1) is 0 Å². The van der Waals surface area contributed by atoms with E-state index in [0.29, 0.717) is 6.42 Å². The molecule has 8 nitrogen and oxygen atoms in total. The first kappa shape index (κ1) is 23.5. The third-order valence-electron chi connectivity index (χ3n) is 4.76. The van der Waals surface area contributed by atoms with Gasteiger partial charge in [0.15, 0.2) is 0 Å². The quantitative estimate of drug-likeness (QED) is 0.346. The standard InChI is InChI=1S/C17H28N4O4S.ClH/c1-14(22)18-15-6-4-7-16(23)17(15)19-26(24,25)13-5-10-21(3)11-8-20(2)9-12-21;/h4,6-7,19H,5,8-13H2,1-3H3,(H-,18,22,23);1H. The molecule has 1 saturated heterocycles. The number of phenols is 1. The van der Waals surface area contributed by atoms with E-state index in [1.54, 1.807) is 0 Å². The van der Waals surface area contributed by atoms with Crippen LogP contribution < -0.4 is 22.4 Å². The molecule has 1 aliphatic rings. The lowest BCUT2D eigenvalue weighted by Crippen LogP contribution is -3.00. The highest BCUT2D eigenvalue weighted by molar-refractivity contribution is 7.92. The number of sulfonamides is 1. The van der Waals surface area contributed by atoms with E-state index >= 15 is 0 Å². The van der Waals surface area contributed by atoms with Gasteiger partial charge in [0.05, 0.1) is 38.1 Å². The fraction of sp³-hybridized carbons (Fsp3) is 0.588. The molecule has 154 valence electrons. The molecule has 2 rings (SSSR count). The van der Waals surface area contributed by atoms with E-state index in [2.05, 4.69) is 29.0 Å². The van der Waals surface area contributed by atoms with E-state index < -0.39 is 10.0 Å². The van der Waals surface area contributed by atoms with Crippen molar-refractivity contribution in [3.63, 3.8) is 0 Å². The van der Waals surface area contributed by atoms with Gasteiger partial charge in [-0.3, -0.25) is 14.4 Å². The monoisotopic (exact) mass is 420 g/mol. The van der Waals surface area contributed by atoms with Gasteiger partial charge in [-0.2, -0.15) is 0 Å². The molecule has 0 radical (unpaired) electrons. The SMILES string of the molecule is CC(=O)Nc1cccc(O)c1NS(=O)(=O)CCC[N+]1(C)CCN(C)CC1.[Cl-]. The van der Waals surface area contributed by atoms with Gasteiger partial charge >= 0.3 is 0 Å². The summed E-state index contributed by atoms with van der Waals surface area (Å²) in [6, 6.07) is 4.45. The molecule has 0 unspecified atom stereocenters. The van der Waals surface area contributed by atoms with Gasteiger partial charge in [0.1, 0.15) is 11.4 Å². The Morgan fingerprint density at radius 1 is 1.30 bits per heavy atom. The molecule has 0 aliphatic carbocycles. The summed E-state index contributed by atoms with van der Waals surface area (Å²) in [7, 11) is 0.616. The van der Waals surface area contributed by atoms with Gasteiger partial charge in [-0.1, -0.05) is 6.07 Å². The van der Waals surface area contributed by atoms with Crippen molar-refractivity contribution in [3.05, 3.63) is 18.2 Å². The second-order valence-electron chi connectivity index (χ2n) is 7.25. The molecular weight excluding hydrogens is 392 g/mol. The Balaban J connectivity index is 0.00000364. The maximum Gasteiger partial charge on any atom is 0.233 e. The first-order valence-electron chi connectivity index (χ1n) is 8.72. The Kier molecular flexibility index (Phi) is 8.34. The van der Waals surface area contributed by atoms with Gasteiger partial charge < -0.3 is 27.3 Å². The van der Waals surface area contributed by atoms with Crippen molar-refractivity contribution in [2.45, 2.75) is 13.3 Å². The number of nitrogens with one attached hydrogen (secondary N) is 2. The van der Waals surface area contributed by atoms with Crippen LogP contribution >= 0.6 is 0 Å². The molecule has 0 aromatic heterocycles. The number of hydrogen-bond acceptors (Lipinski definition) is 5. The van der Waals surface area contributed by atoms with Crippen molar-refractivity contribution >= 4 is 27.3 Å². The van der Waals surface area contributed by atoms with E-state index in [0.717, 1.165) is 37.2 Å². The summed E-state index contributed by atoms with van der Waals surface area (Å²) < 4.78 is 28.2. The number of amides is 1. The number of nitrogens with zero attached hydrogens (tertiary/aromatic N) is 2. The molecule has 0 atom stereocenters. The van der Waals surface area contributed by atoms with Gasteiger partial charge in [0.2, 0.25) is 15.9 Å². The lowest BCUT2D eigenvalue weighted by Gasteiger charge is -2.41. The van der Waals surface area contributed by atoms with Crippen LogP contribution in [-0.2, 0) is 14.8 Å². The number of halogens is 1. The number of phenolic OH excluding ortho intramolecular Hbond substituents is 1. The van der Waals surface area contributed by atoms with Gasteiger partial charge in [0, 0.05) is 26.4 Å². The molecule has 3 N–H and O–H groups in total. The lowest BCUT2D eigenvalue weighted by atomic mass is 10.2. The zero-order chi connectivity index (χ0) is 19.4. The molecule has 1 heterocycles. The summed E-state index contributed by atoms with van der Waals surface area (Å²) >= 11 is 0. The van der Waals surface area contributed by atoms with Crippen LogP contribution in [0.1, 0.15) is 13.3 Å². The van der Waals surface area contributed by atoms with Crippen LogP contribution in [0.3, 0.4) is 0 Å². The molecular formula is C17H29ClN4O4S. The Morgan fingerprint density at radius 2 is 1.93 bits per heavy atom. The largest absolute Gasteiger partial charge is 1.00 e. The van der Waals surface area contributed by atoms with Crippen LogP contribution in [0.25, 0.3) is 0 Å². The molecule has 1 aliphatic heterocycles. The summed E-state index contributed by atoms with van der Waals surface area (Å²) in [4.78, 5) is 13.6. The summed E-state index contributed by atoms with van der Waals surface area (Å²) in [6.45, 7) is 6.15. The van der Waals surface area contributed by atoms with E-state index in [1.807, 2.05) is 0 Å². The molecule has 0 saturated carbocycles. The predicted molar refractivity (Wildman–Crippen MR) is 103 cm³/mol. The van der Waals surface area contributed by atoms with Crippen LogP contribution in [0.15, 0.2) is 18.2 Å². The molecule has 1 fully saturated rings. The minimum Gasteiger partial charge on any atom is -1.00 e. The third kappa shape index (κ3) is 7.17. The van der Waals surface area contributed by atoms with E-state index in [9.17, 15) is 18.3 Å². The summed E-state index contributed by atoms with van der Waals surface area (Å²) in [5, 5.41) is 12.5. The van der Waals surface area contributed by atoms with E-state index in [1.165, 1.54) is 25.1 Å². The fourth-order valence-electron chi connectivity index (χ4n) is 3.06. The minimum atomic E-state index is -3.64. The van der Waals surface area contributed by atoms with Crippen LogP contribution in [0.4, 0.5) is 11.4 Å². The fourth-order valence-corrected chi connectivity index (χ4v) is 4.19. The lowest BCUT2D eigenvalue weighted by molar-refractivity contribution is -0.913. The van der Waals surface area contributed by atoms with Crippen molar-refractivity contribution in [3.8, 4) is 5.75 Å². The van der Waals surface area contributed by atoms with Crippen molar-refractivity contribution in [1.29, 1.82) is 0 Å². The van der Waals surface area contributed by atoms with Gasteiger partial charge in [-0.15, -0.1) is 0 Å². The van der Waals surface area contributed by atoms with Crippen molar-refractivity contribution in [2.75, 3.05) is 62.6 Å². The highest BCUT2D eigenvalue weighted by atomic mass is 35.5. The molecule has 0 bridgehead atoms. The van der Waals surface area contributed by atoms with E-state index in [-0.39, 0.29) is 41.2 Å². The molecule has 1 aromatic rings. The predicted octanol–water partition coefficient (Wildman–Crippen LogP) is -2.12. The average molecular weight is 421 g/mol. The Hall–Kier alpha value is -1.55. The van der Waals surface area contributed by atoms with E-state index in [4.69, 9.17) is 0 Å². The molecule has 1 amide bonds. The third-order valence-corrected chi connectivity index (χ3v) is 6.11. The normalized spacial score (nSPS) is 17.0. The van der Waals surface area contributed by atoms with Crippen molar-refractivity contribution < 1.29 is 35.2 Å². The Labute approximate surface area is 167 Å². The van der Waals surface area contributed by atoms with Crippen LogP contribution in [0.5, 0.6) is 5.75 Å². The second kappa shape index (κ2) is 9.59. The van der Waals surface area contributed by atoms with Gasteiger partial charge in [-0.05, 0) is 19.2 Å².